The van der Waals surface area contributed by atoms with Crippen LogP contribution in [-0.2, 0) is 0 Å². The Morgan fingerprint density at radius 2 is 2.05 bits per heavy atom. The molecule has 0 radical (unpaired) electrons. The summed E-state index contributed by atoms with van der Waals surface area (Å²) >= 11 is 0. The van der Waals surface area contributed by atoms with Gasteiger partial charge in [0, 0.05) is 24.2 Å². The van der Waals surface area contributed by atoms with Crippen molar-refractivity contribution in [3.8, 4) is 0 Å². The average molecular weight is 265 g/mol. The first-order chi connectivity index (χ1) is 8.80. The van der Waals surface area contributed by atoms with Crippen LogP contribution in [-0.4, -0.2) is 23.4 Å². The maximum atomic E-state index is 11.6. The molecule has 0 aliphatic heterocycles. The summed E-state index contributed by atoms with van der Waals surface area (Å²) < 4.78 is 0. The molecule has 19 heavy (non-hydrogen) atoms. The van der Waals surface area contributed by atoms with E-state index in [2.05, 4.69) is 10.6 Å². The third-order valence-corrected chi connectivity index (χ3v) is 3.04. The van der Waals surface area contributed by atoms with Crippen molar-refractivity contribution < 1.29 is 9.72 Å². The molecular formula is C13H19N3O3. The Bertz CT molecular complexity index is 498. The van der Waals surface area contributed by atoms with Crippen LogP contribution in [0.15, 0.2) is 18.2 Å². The number of benzene rings is 1. The highest BCUT2D eigenvalue weighted by atomic mass is 16.6. The van der Waals surface area contributed by atoms with Crippen molar-refractivity contribution >= 4 is 17.3 Å². The first-order valence-corrected chi connectivity index (χ1v) is 6.09. The van der Waals surface area contributed by atoms with Crippen molar-refractivity contribution in [3.05, 3.63) is 33.9 Å². The van der Waals surface area contributed by atoms with Crippen LogP contribution in [0.4, 0.5) is 11.4 Å². The Balaban J connectivity index is 3.23. The van der Waals surface area contributed by atoms with Gasteiger partial charge < -0.3 is 10.6 Å². The van der Waals surface area contributed by atoms with Crippen LogP contribution in [0.2, 0.25) is 0 Å². The van der Waals surface area contributed by atoms with Gasteiger partial charge in [-0.05, 0) is 32.4 Å². The first-order valence-electron chi connectivity index (χ1n) is 6.09. The van der Waals surface area contributed by atoms with Gasteiger partial charge >= 0.3 is 0 Å². The summed E-state index contributed by atoms with van der Waals surface area (Å²) in [4.78, 5) is 22.1. The minimum absolute atomic E-state index is 0.0332. The van der Waals surface area contributed by atoms with Crippen molar-refractivity contribution in [1.29, 1.82) is 0 Å². The predicted octanol–water partition coefficient (Wildman–Crippen LogP) is 2.55. The van der Waals surface area contributed by atoms with E-state index in [9.17, 15) is 14.9 Å². The molecule has 0 fully saturated rings. The molecular weight excluding hydrogens is 246 g/mol. The van der Waals surface area contributed by atoms with E-state index >= 15 is 0 Å². The molecule has 1 aromatic carbocycles. The van der Waals surface area contributed by atoms with Gasteiger partial charge in [-0.2, -0.15) is 0 Å². The highest BCUT2D eigenvalue weighted by molar-refractivity contribution is 5.95. The van der Waals surface area contributed by atoms with E-state index in [1.54, 1.807) is 0 Å². The summed E-state index contributed by atoms with van der Waals surface area (Å²) in [6.45, 7) is 5.88. The highest BCUT2D eigenvalue weighted by Gasteiger charge is 2.22. The summed E-state index contributed by atoms with van der Waals surface area (Å²) in [6.07, 6.45) is 0.800. The first kappa shape index (κ1) is 14.9. The van der Waals surface area contributed by atoms with Gasteiger partial charge in [0.2, 0.25) is 0 Å². The molecule has 0 atom stereocenters. The van der Waals surface area contributed by atoms with Gasteiger partial charge in [-0.25, -0.2) is 0 Å². The lowest BCUT2D eigenvalue weighted by molar-refractivity contribution is -0.384. The van der Waals surface area contributed by atoms with Crippen LogP contribution in [0.1, 0.15) is 37.6 Å². The second-order valence-electron chi connectivity index (χ2n) is 4.93. The smallest absolute Gasteiger partial charge is 0.292 e. The quantitative estimate of drug-likeness (QED) is 0.633. The van der Waals surface area contributed by atoms with Crippen LogP contribution in [0.3, 0.4) is 0 Å². The third kappa shape index (κ3) is 3.67. The highest BCUT2D eigenvalue weighted by Crippen LogP contribution is 2.29. The summed E-state index contributed by atoms with van der Waals surface area (Å²) in [5.74, 6) is -0.271. The Morgan fingerprint density at radius 1 is 1.42 bits per heavy atom. The molecule has 0 aliphatic carbocycles. The summed E-state index contributed by atoms with van der Waals surface area (Å²) in [5.41, 5.74) is 0.432. The van der Waals surface area contributed by atoms with E-state index in [0.29, 0.717) is 11.3 Å². The molecule has 0 bridgehead atoms. The summed E-state index contributed by atoms with van der Waals surface area (Å²) in [6, 6.07) is 4.30. The maximum absolute atomic E-state index is 11.6. The van der Waals surface area contributed by atoms with Gasteiger partial charge in [-0.3, -0.25) is 14.9 Å². The summed E-state index contributed by atoms with van der Waals surface area (Å²) in [7, 11) is 1.52. The Morgan fingerprint density at radius 3 is 2.53 bits per heavy atom. The Hall–Kier alpha value is -2.11. The van der Waals surface area contributed by atoms with Crippen LogP contribution < -0.4 is 10.6 Å². The molecule has 104 valence electrons. The number of hydrogen-bond acceptors (Lipinski definition) is 4. The number of nitro groups is 1. The lowest BCUT2D eigenvalue weighted by atomic mass is 10.0. The molecule has 6 heteroatoms. The van der Waals surface area contributed by atoms with Crippen LogP contribution in [0.25, 0.3) is 0 Å². The fraction of sp³-hybridized carbons (Fsp3) is 0.462. The number of amides is 1. The SMILES string of the molecule is CCC(C)(C)Nc1cc(C(=O)NC)ccc1[N+](=O)[O-]. The number of anilines is 1. The Kier molecular flexibility index (Phi) is 4.47. The second kappa shape index (κ2) is 5.69. The van der Waals surface area contributed by atoms with Crippen molar-refractivity contribution in [3.63, 3.8) is 0 Å². The normalized spacial score (nSPS) is 10.9. The number of carbonyl (C=O) groups excluding carboxylic acids is 1. The standard InChI is InChI=1S/C13H19N3O3/c1-5-13(2,3)15-10-8-9(12(17)14-4)6-7-11(10)16(18)19/h6-8,15H,5H2,1-4H3,(H,14,17). The van der Waals surface area contributed by atoms with E-state index in [1.807, 2.05) is 20.8 Å². The van der Waals surface area contributed by atoms with Crippen LogP contribution in [0.5, 0.6) is 0 Å². The van der Waals surface area contributed by atoms with Crippen molar-refractivity contribution in [2.24, 2.45) is 0 Å². The number of hydrogen-bond donors (Lipinski definition) is 2. The molecule has 6 nitrogen and oxygen atoms in total. The maximum Gasteiger partial charge on any atom is 0.292 e. The molecule has 1 rings (SSSR count). The molecule has 2 N–H and O–H groups in total. The van der Waals surface area contributed by atoms with Crippen molar-refractivity contribution in [2.45, 2.75) is 32.7 Å². The second-order valence-corrected chi connectivity index (χ2v) is 4.93. The minimum Gasteiger partial charge on any atom is -0.375 e. The fourth-order valence-corrected chi connectivity index (χ4v) is 1.53. The van der Waals surface area contributed by atoms with E-state index in [4.69, 9.17) is 0 Å². The summed E-state index contributed by atoms with van der Waals surface area (Å²) in [5, 5.41) is 16.6. The van der Waals surface area contributed by atoms with Gasteiger partial charge in [-0.15, -0.1) is 0 Å². The molecule has 0 heterocycles. The lowest BCUT2D eigenvalue weighted by Gasteiger charge is -2.25. The van der Waals surface area contributed by atoms with Gasteiger partial charge in [0.05, 0.1) is 4.92 Å². The van der Waals surface area contributed by atoms with E-state index in [0.717, 1.165) is 6.42 Å². The van der Waals surface area contributed by atoms with Gasteiger partial charge in [0.1, 0.15) is 5.69 Å². The van der Waals surface area contributed by atoms with E-state index < -0.39 is 4.92 Å². The van der Waals surface area contributed by atoms with Gasteiger partial charge in [-0.1, -0.05) is 6.92 Å². The predicted molar refractivity (Wildman–Crippen MR) is 74.5 cm³/mol. The number of nitro benzene ring substituents is 1. The zero-order valence-electron chi connectivity index (χ0n) is 11.6. The fourth-order valence-electron chi connectivity index (χ4n) is 1.53. The van der Waals surface area contributed by atoms with Crippen LogP contribution >= 0.6 is 0 Å². The average Bonchev–Trinajstić information content (AvgIpc) is 2.37. The number of carbonyl (C=O) groups is 1. The number of nitrogens with one attached hydrogen (secondary N) is 2. The van der Waals surface area contributed by atoms with Crippen molar-refractivity contribution in [2.75, 3.05) is 12.4 Å². The van der Waals surface area contributed by atoms with Gasteiger partial charge in [0.15, 0.2) is 0 Å². The number of nitrogens with zero attached hydrogens (tertiary/aromatic N) is 1. The zero-order chi connectivity index (χ0) is 14.6. The lowest BCUT2D eigenvalue weighted by Crippen LogP contribution is -2.30. The largest absolute Gasteiger partial charge is 0.375 e. The molecule has 1 amide bonds. The van der Waals surface area contributed by atoms with Crippen molar-refractivity contribution in [1.82, 2.24) is 5.32 Å². The van der Waals surface area contributed by atoms with Crippen LogP contribution in [0, 0.1) is 10.1 Å². The third-order valence-electron chi connectivity index (χ3n) is 3.04. The molecule has 0 aromatic heterocycles. The molecule has 1 aromatic rings. The topological polar surface area (TPSA) is 84.3 Å². The zero-order valence-corrected chi connectivity index (χ0v) is 11.6. The molecule has 0 unspecified atom stereocenters. The Labute approximate surface area is 112 Å². The monoisotopic (exact) mass is 265 g/mol. The minimum atomic E-state index is -0.457. The molecule has 0 aliphatic rings. The molecule has 0 spiro atoms. The van der Waals surface area contributed by atoms with E-state index in [1.165, 1.54) is 25.2 Å². The van der Waals surface area contributed by atoms with Gasteiger partial charge in [0.25, 0.3) is 11.6 Å². The molecule has 0 saturated heterocycles. The van der Waals surface area contributed by atoms with E-state index in [-0.39, 0.29) is 17.1 Å². The molecule has 0 saturated carbocycles. The number of rotatable bonds is 5.